The zero-order valence-corrected chi connectivity index (χ0v) is 26.1. The number of nitriles is 1. The molecule has 0 bridgehead atoms. The summed E-state index contributed by atoms with van der Waals surface area (Å²) in [5, 5.41) is 24.8. The molecule has 11 nitrogen and oxygen atoms in total. The average molecular weight is 628 g/mol. The highest BCUT2D eigenvalue weighted by Crippen LogP contribution is 2.36. The molecule has 0 spiro atoms. The number of fused-ring (bicyclic) bond motifs is 1. The highest BCUT2D eigenvalue weighted by molar-refractivity contribution is 6.15. The molecule has 0 saturated heterocycles. The van der Waals surface area contributed by atoms with Crippen molar-refractivity contribution < 1.29 is 19.1 Å². The minimum absolute atomic E-state index is 0.159. The highest BCUT2D eigenvalue weighted by atomic mass is 16.5. The molecule has 6 rings (SSSR count). The Bertz CT molecular complexity index is 1910. The number of hydrogen-bond acceptors (Lipinski definition) is 8. The van der Waals surface area contributed by atoms with E-state index in [1.807, 2.05) is 61.5 Å². The van der Waals surface area contributed by atoms with Crippen LogP contribution in [0.5, 0.6) is 11.5 Å². The predicted octanol–water partition coefficient (Wildman–Crippen LogP) is 6.00. The number of anilines is 2. The van der Waals surface area contributed by atoms with Crippen molar-refractivity contribution in [2.45, 2.75) is 50.9 Å². The summed E-state index contributed by atoms with van der Waals surface area (Å²) >= 11 is 0. The number of methoxy groups -OCH3 is 1. The normalized spacial score (nSPS) is 15.7. The van der Waals surface area contributed by atoms with Gasteiger partial charge in [-0.2, -0.15) is 20.6 Å². The van der Waals surface area contributed by atoms with E-state index in [2.05, 4.69) is 26.6 Å². The largest absolute Gasteiger partial charge is 0.495 e. The molecule has 1 unspecified atom stereocenters. The van der Waals surface area contributed by atoms with E-state index < -0.39 is 5.91 Å². The fourth-order valence-electron chi connectivity index (χ4n) is 5.72. The average Bonchev–Trinajstić information content (AvgIpc) is 3.72. The first-order chi connectivity index (χ1) is 22.8. The van der Waals surface area contributed by atoms with Gasteiger partial charge in [0.15, 0.2) is 5.66 Å². The lowest BCUT2D eigenvalue weighted by Crippen LogP contribution is -2.47. The van der Waals surface area contributed by atoms with E-state index in [9.17, 15) is 14.9 Å². The molecule has 4 aromatic rings. The van der Waals surface area contributed by atoms with Crippen molar-refractivity contribution in [2.24, 2.45) is 10.2 Å². The Morgan fingerprint density at radius 3 is 2.47 bits per heavy atom. The number of rotatable bonds is 12. The van der Waals surface area contributed by atoms with Crippen molar-refractivity contribution in [3.05, 3.63) is 101 Å². The number of nitrogens with one attached hydrogen (secondary N) is 1. The van der Waals surface area contributed by atoms with Gasteiger partial charge in [0.25, 0.3) is 11.8 Å². The maximum Gasteiger partial charge on any atom is 0.277 e. The molecule has 0 fully saturated rings. The number of carbonyl (C=O) groups is 2. The number of nitrogens with zero attached hydrogens (tertiary/aromatic N) is 6. The fourth-order valence-corrected chi connectivity index (χ4v) is 5.72. The number of carbonyl (C=O) groups excluding carboxylic acids is 2. The second-order valence-corrected chi connectivity index (χ2v) is 11.6. The molecule has 0 radical (unpaired) electrons. The van der Waals surface area contributed by atoms with Crippen molar-refractivity contribution in [3.63, 3.8) is 0 Å². The van der Waals surface area contributed by atoms with Gasteiger partial charge < -0.3 is 19.7 Å². The number of amides is 2. The molecule has 1 aromatic heterocycles. The molecule has 11 heteroatoms. The molecule has 2 amide bonds. The Labute approximate surface area is 272 Å². The monoisotopic (exact) mass is 627 g/mol. The maximum atomic E-state index is 13.8. The highest BCUT2D eigenvalue weighted by Gasteiger charge is 2.39. The van der Waals surface area contributed by atoms with Gasteiger partial charge >= 0.3 is 0 Å². The van der Waals surface area contributed by atoms with E-state index >= 15 is 0 Å². The molecule has 236 valence electrons. The van der Waals surface area contributed by atoms with E-state index in [0.29, 0.717) is 43.9 Å². The zero-order chi connectivity index (χ0) is 33.0. The summed E-state index contributed by atoms with van der Waals surface area (Å²) in [4.78, 5) is 28.8. The summed E-state index contributed by atoms with van der Waals surface area (Å²) in [7, 11) is 1.47. The maximum absolute atomic E-state index is 13.8. The van der Waals surface area contributed by atoms with Crippen LogP contribution in [0.3, 0.4) is 0 Å². The number of ether oxygens (including phenoxy) is 2. The lowest BCUT2D eigenvalue weighted by Gasteiger charge is -2.34. The third kappa shape index (κ3) is 6.70. The third-order valence-electron chi connectivity index (χ3n) is 8.33. The summed E-state index contributed by atoms with van der Waals surface area (Å²) in [5.74, 6) is 3.03. The van der Waals surface area contributed by atoms with Crippen LogP contribution in [0.2, 0.25) is 0 Å². The van der Waals surface area contributed by atoms with Gasteiger partial charge in [-0.05, 0) is 66.9 Å². The number of benzene rings is 3. The standard InChI is InChI=1S/C36H33N7O4/c1-4-5-16-36(40-41-36)17-18-47-30-13-8-26(9-14-30)19-25-6-11-29(12-7-25)43-24(2)23-42-33(35(43)45)31(22-38-42)34(44)39-28-10-15-32(46-3)27(20-28)21-37/h1,6-15,20,22,24H,5,16-19,23H2,2-3H3,(H,39,44). The topological polar surface area (TPSA) is 134 Å². The molecule has 47 heavy (non-hydrogen) atoms. The van der Waals surface area contributed by atoms with Crippen LogP contribution < -0.4 is 19.7 Å². The van der Waals surface area contributed by atoms with Crippen molar-refractivity contribution in [2.75, 3.05) is 23.9 Å². The van der Waals surface area contributed by atoms with Crippen LogP contribution in [-0.2, 0) is 13.0 Å². The minimum Gasteiger partial charge on any atom is -0.495 e. The second kappa shape index (κ2) is 13.2. The van der Waals surface area contributed by atoms with Crippen LogP contribution in [0.4, 0.5) is 11.4 Å². The number of terminal acetylenes is 1. The van der Waals surface area contributed by atoms with Gasteiger partial charge in [0.1, 0.15) is 23.3 Å². The smallest absolute Gasteiger partial charge is 0.277 e. The number of aromatic nitrogens is 2. The molecule has 2 aliphatic rings. The van der Waals surface area contributed by atoms with Crippen LogP contribution in [-0.4, -0.2) is 47.0 Å². The molecular formula is C36H33N7O4. The Morgan fingerprint density at radius 2 is 1.81 bits per heavy atom. The Balaban J connectivity index is 1.09. The van der Waals surface area contributed by atoms with E-state index in [1.165, 1.54) is 19.4 Å². The van der Waals surface area contributed by atoms with E-state index in [1.54, 1.807) is 21.7 Å². The van der Waals surface area contributed by atoms with Gasteiger partial charge in [0.2, 0.25) is 0 Å². The zero-order valence-electron chi connectivity index (χ0n) is 26.1. The van der Waals surface area contributed by atoms with Crippen LogP contribution in [0.15, 0.2) is 83.2 Å². The van der Waals surface area contributed by atoms with Gasteiger partial charge in [-0.25, -0.2) is 0 Å². The Morgan fingerprint density at radius 1 is 1.09 bits per heavy atom. The molecule has 3 heterocycles. The van der Waals surface area contributed by atoms with Crippen molar-refractivity contribution >= 4 is 23.2 Å². The van der Waals surface area contributed by atoms with E-state index in [4.69, 9.17) is 15.9 Å². The lowest BCUT2D eigenvalue weighted by atomic mass is 10.0. The van der Waals surface area contributed by atoms with Crippen LogP contribution in [0, 0.1) is 23.7 Å². The summed E-state index contributed by atoms with van der Waals surface area (Å²) < 4.78 is 12.7. The molecular weight excluding hydrogens is 594 g/mol. The SMILES string of the molecule is C#CCCC1(CCOc2ccc(Cc3ccc(N4C(=O)c5c(C(=O)Nc6ccc(OC)c(C#N)c6)cnn5CC4C)cc3)cc2)N=N1. The fraction of sp³-hybridized carbons (Fsp3) is 0.278. The summed E-state index contributed by atoms with van der Waals surface area (Å²) in [6.45, 7) is 2.90. The van der Waals surface area contributed by atoms with Crippen molar-refractivity contribution in [1.29, 1.82) is 5.26 Å². The van der Waals surface area contributed by atoms with Crippen LogP contribution in [0.25, 0.3) is 0 Å². The third-order valence-corrected chi connectivity index (χ3v) is 8.33. The number of hydrogen-bond donors (Lipinski definition) is 1. The van der Waals surface area contributed by atoms with Crippen molar-refractivity contribution in [1.82, 2.24) is 9.78 Å². The first-order valence-corrected chi connectivity index (χ1v) is 15.3. The van der Waals surface area contributed by atoms with E-state index in [-0.39, 0.29) is 34.4 Å². The molecule has 3 aromatic carbocycles. The van der Waals surface area contributed by atoms with Gasteiger partial charge in [-0.15, -0.1) is 12.3 Å². The van der Waals surface area contributed by atoms with Gasteiger partial charge in [-0.1, -0.05) is 24.3 Å². The second-order valence-electron chi connectivity index (χ2n) is 11.6. The summed E-state index contributed by atoms with van der Waals surface area (Å²) in [6, 6.07) is 22.5. The van der Waals surface area contributed by atoms with Gasteiger partial charge in [0, 0.05) is 30.6 Å². The first kappa shape index (κ1) is 31.1. The van der Waals surface area contributed by atoms with Crippen LogP contribution >= 0.6 is 0 Å². The van der Waals surface area contributed by atoms with Gasteiger partial charge in [-0.3, -0.25) is 14.3 Å². The lowest BCUT2D eigenvalue weighted by molar-refractivity contribution is 0.0933. The van der Waals surface area contributed by atoms with Crippen LogP contribution in [0.1, 0.15) is 63.7 Å². The molecule has 0 aliphatic carbocycles. The minimum atomic E-state index is -0.493. The van der Waals surface area contributed by atoms with Gasteiger partial charge in [0.05, 0.1) is 43.6 Å². The Hall–Kier alpha value is -5.94. The Kier molecular flexibility index (Phi) is 8.72. The van der Waals surface area contributed by atoms with Crippen molar-refractivity contribution in [3.8, 4) is 29.9 Å². The van der Waals surface area contributed by atoms with E-state index in [0.717, 1.165) is 29.0 Å². The molecule has 1 N–H and O–H groups in total. The molecule has 0 saturated carbocycles. The quantitative estimate of drug-likeness (QED) is 0.192. The first-order valence-electron chi connectivity index (χ1n) is 15.3. The molecule has 2 aliphatic heterocycles. The summed E-state index contributed by atoms with van der Waals surface area (Å²) in [6.07, 6.45) is 9.61. The summed E-state index contributed by atoms with van der Waals surface area (Å²) in [5.41, 5.74) is 3.66. The predicted molar refractivity (Wildman–Crippen MR) is 176 cm³/mol. The molecule has 1 atom stereocenters.